The minimum absolute atomic E-state index is 0.793. The third kappa shape index (κ3) is 0.787. The van der Waals surface area contributed by atoms with Gasteiger partial charge in [-0.1, -0.05) is 6.08 Å². The van der Waals surface area contributed by atoms with E-state index in [-0.39, 0.29) is 0 Å². The quantitative estimate of drug-likeness (QED) is 0.611. The Hall–Kier alpha value is -0.760. The van der Waals surface area contributed by atoms with Gasteiger partial charge in [-0.15, -0.1) is 0 Å². The lowest BCUT2D eigenvalue weighted by molar-refractivity contribution is 0.324. The zero-order valence-corrected chi connectivity index (χ0v) is 7.16. The molecule has 0 aromatic heterocycles. The number of nitrogens with one attached hydrogen (secondary N) is 1. The molecule has 0 saturated carbocycles. The van der Waals surface area contributed by atoms with Crippen LogP contribution in [0.25, 0.3) is 0 Å². The molecule has 0 radical (unpaired) electrons. The van der Waals surface area contributed by atoms with Crippen molar-refractivity contribution in [3.05, 3.63) is 23.9 Å². The molecule has 2 fully saturated rings. The Bertz CT molecular complexity index is 255. The molecule has 64 valence electrons. The number of hydrogen-bond acceptors (Lipinski definition) is 2. The van der Waals surface area contributed by atoms with Gasteiger partial charge in [0.1, 0.15) is 0 Å². The Balaban J connectivity index is 1.79. The fraction of sp³-hybridized carbons (Fsp3) is 0.600. The van der Waals surface area contributed by atoms with Crippen molar-refractivity contribution in [3.63, 3.8) is 0 Å². The van der Waals surface area contributed by atoms with E-state index in [1.165, 1.54) is 31.8 Å². The van der Waals surface area contributed by atoms with Gasteiger partial charge in [0.2, 0.25) is 0 Å². The number of hydrogen-bond donors (Lipinski definition) is 1. The van der Waals surface area contributed by atoms with Gasteiger partial charge in [0.05, 0.1) is 0 Å². The summed E-state index contributed by atoms with van der Waals surface area (Å²) >= 11 is 0. The van der Waals surface area contributed by atoms with Crippen molar-refractivity contribution in [1.29, 1.82) is 0 Å². The average molecular weight is 162 g/mol. The van der Waals surface area contributed by atoms with Gasteiger partial charge in [-0.3, -0.25) is 0 Å². The number of allylic oxidation sites excluding steroid dienone is 3. The number of likely N-dealkylation sites (tertiary alicyclic amines) is 1. The molecule has 0 amide bonds. The summed E-state index contributed by atoms with van der Waals surface area (Å²) in [6, 6.07) is 0.793. The van der Waals surface area contributed by atoms with Crippen LogP contribution in [-0.4, -0.2) is 30.6 Å². The minimum Gasteiger partial charge on any atom is -0.367 e. The van der Waals surface area contributed by atoms with Crippen LogP contribution in [0.1, 0.15) is 6.42 Å². The highest BCUT2D eigenvalue weighted by Gasteiger charge is 2.38. The second-order valence-corrected chi connectivity index (χ2v) is 3.92. The minimum atomic E-state index is 0.793. The van der Waals surface area contributed by atoms with Gasteiger partial charge in [-0.25, -0.2) is 0 Å². The SMILES string of the molecule is C1=CC(N2CCC3CNCC32)=C1. The summed E-state index contributed by atoms with van der Waals surface area (Å²) in [5.74, 6) is 0.917. The van der Waals surface area contributed by atoms with E-state index in [2.05, 4.69) is 28.4 Å². The van der Waals surface area contributed by atoms with E-state index in [0.717, 1.165) is 12.0 Å². The lowest BCUT2D eigenvalue weighted by Gasteiger charge is -2.28. The molecule has 0 bridgehead atoms. The zero-order valence-electron chi connectivity index (χ0n) is 7.16. The number of rotatable bonds is 1. The fourth-order valence-electron chi connectivity index (χ4n) is 2.54. The molecule has 2 atom stereocenters. The highest BCUT2D eigenvalue weighted by atomic mass is 15.2. The summed E-state index contributed by atoms with van der Waals surface area (Å²) < 4.78 is 0. The van der Waals surface area contributed by atoms with Crippen molar-refractivity contribution in [2.45, 2.75) is 12.5 Å². The van der Waals surface area contributed by atoms with Crippen LogP contribution in [0.2, 0.25) is 0 Å². The molecule has 2 unspecified atom stereocenters. The maximum Gasteiger partial charge on any atom is 0.0455 e. The van der Waals surface area contributed by atoms with E-state index in [0.29, 0.717) is 0 Å². The number of nitrogens with zero attached hydrogens (tertiary/aromatic N) is 1. The summed E-state index contributed by atoms with van der Waals surface area (Å²) in [4.78, 5) is 2.56. The monoisotopic (exact) mass is 162 g/mol. The van der Waals surface area contributed by atoms with Gasteiger partial charge in [0, 0.05) is 31.4 Å². The maximum absolute atomic E-state index is 3.46. The zero-order chi connectivity index (χ0) is 7.97. The molecule has 3 aliphatic rings. The van der Waals surface area contributed by atoms with Crippen LogP contribution in [0, 0.1) is 5.92 Å². The molecule has 3 rings (SSSR count). The van der Waals surface area contributed by atoms with Gasteiger partial charge in [0.25, 0.3) is 0 Å². The summed E-state index contributed by atoms with van der Waals surface area (Å²) in [5, 5.41) is 3.46. The average Bonchev–Trinajstić information content (AvgIpc) is 2.48. The lowest BCUT2D eigenvalue weighted by atomic mass is 10.0. The summed E-state index contributed by atoms with van der Waals surface area (Å²) in [7, 11) is 0. The second kappa shape index (κ2) is 2.36. The van der Waals surface area contributed by atoms with Crippen LogP contribution in [0.4, 0.5) is 0 Å². The largest absolute Gasteiger partial charge is 0.367 e. The molecule has 2 aliphatic heterocycles. The standard InChI is InChI=1S/C10H14N2/c1-2-9(3-1)12-5-4-8-6-11-7-10(8)12/h1-3,8,10-11H,4-7H2. The molecular formula is C10H14N2. The van der Waals surface area contributed by atoms with Gasteiger partial charge in [-0.2, -0.15) is 0 Å². The first-order chi connectivity index (χ1) is 5.95. The second-order valence-electron chi connectivity index (χ2n) is 3.92. The fourth-order valence-corrected chi connectivity index (χ4v) is 2.54. The molecule has 12 heavy (non-hydrogen) atoms. The molecular weight excluding hydrogens is 148 g/mol. The topological polar surface area (TPSA) is 15.3 Å². The van der Waals surface area contributed by atoms with Crippen molar-refractivity contribution < 1.29 is 0 Å². The molecule has 2 heterocycles. The summed E-state index contributed by atoms with van der Waals surface area (Å²) in [6.45, 7) is 3.70. The van der Waals surface area contributed by atoms with Gasteiger partial charge in [0.15, 0.2) is 0 Å². The molecule has 0 aromatic carbocycles. The van der Waals surface area contributed by atoms with Crippen molar-refractivity contribution in [2.24, 2.45) is 5.92 Å². The van der Waals surface area contributed by atoms with Crippen LogP contribution in [0.3, 0.4) is 0 Å². The van der Waals surface area contributed by atoms with E-state index in [1.54, 1.807) is 0 Å². The lowest BCUT2D eigenvalue weighted by Crippen LogP contribution is -2.33. The van der Waals surface area contributed by atoms with E-state index in [1.807, 2.05) is 0 Å². The van der Waals surface area contributed by atoms with Crippen molar-refractivity contribution in [1.82, 2.24) is 10.2 Å². The van der Waals surface area contributed by atoms with E-state index >= 15 is 0 Å². The molecule has 0 aromatic rings. The molecule has 1 N–H and O–H groups in total. The normalized spacial score (nSPS) is 38.0. The predicted molar refractivity (Wildman–Crippen MR) is 48.7 cm³/mol. The highest BCUT2D eigenvalue weighted by Crippen LogP contribution is 2.32. The summed E-state index contributed by atoms with van der Waals surface area (Å²) in [6.07, 6.45) is 7.95. The Morgan fingerprint density at radius 2 is 2.33 bits per heavy atom. The Morgan fingerprint density at radius 1 is 1.42 bits per heavy atom. The van der Waals surface area contributed by atoms with Crippen molar-refractivity contribution in [2.75, 3.05) is 19.6 Å². The summed E-state index contributed by atoms with van der Waals surface area (Å²) in [5.41, 5.74) is 1.45. The molecule has 2 heteroatoms. The number of fused-ring (bicyclic) bond motifs is 1. The smallest absolute Gasteiger partial charge is 0.0455 e. The molecule has 2 saturated heterocycles. The van der Waals surface area contributed by atoms with Crippen LogP contribution in [0.15, 0.2) is 23.9 Å². The first-order valence-corrected chi connectivity index (χ1v) is 4.81. The Kier molecular flexibility index (Phi) is 1.32. The third-order valence-corrected chi connectivity index (χ3v) is 3.31. The van der Waals surface area contributed by atoms with E-state index < -0.39 is 0 Å². The Labute approximate surface area is 72.9 Å². The van der Waals surface area contributed by atoms with Crippen molar-refractivity contribution in [3.8, 4) is 0 Å². The maximum atomic E-state index is 3.46. The van der Waals surface area contributed by atoms with Gasteiger partial charge in [-0.05, 0) is 24.5 Å². The van der Waals surface area contributed by atoms with Crippen LogP contribution < -0.4 is 5.32 Å². The highest BCUT2D eigenvalue weighted by molar-refractivity contribution is 5.35. The molecule has 1 aliphatic carbocycles. The first kappa shape index (κ1) is 6.72. The van der Waals surface area contributed by atoms with Crippen molar-refractivity contribution >= 4 is 0 Å². The van der Waals surface area contributed by atoms with Gasteiger partial charge < -0.3 is 10.2 Å². The van der Waals surface area contributed by atoms with Crippen LogP contribution in [0.5, 0.6) is 0 Å². The molecule has 0 spiro atoms. The first-order valence-electron chi connectivity index (χ1n) is 4.81. The molecule has 2 nitrogen and oxygen atoms in total. The third-order valence-electron chi connectivity index (χ3n) is 3.31. The van der Waals surface area contributed by atoms with E-state index in [4.69, 9.17) is 0 Å². The van der Waals surface area contributed by atoms with Crippen LogP contribution in [-0.2, 0) is 0 Å². The predicted octanol–water partition coefficient (Wildman–Crippen LogP) is 0.734. The van der Waals surface area contributed by atoms with Gasteiger partial charge >= 0.3 is 0 Å². The van der Waals surface area contributed by atoms with E-state index in [9.17, 15) is 0 Å². The van der Waals surface area contributed by atoms with Crippen LogP contribution >= 0.6 is 0 Å². The Morgan fingerprint density at radius 3 is 3.08 bits per heavy atom.